The van der Waals surface area contributed by atoms with E-state index in [2.05, 4.69) is 0 Å². The van der Waals surface area contributed by atoms with Crippen molar-refractivity contribution in [2.24, 2.45) is 0 Å². The van der Waals surface area contributed by atoms with E-state index in [1.807, 2.05) is 0 Å². The highest BCUT2D eigenvalue weighted by atomic mass is 35.5. The summed E-state index contributed by atoms with van der Waals surface area (Å²) in [5.74, 6) is -4.08. The fourth-order valence-corrected chi connectivity index (χ4v) is 1.96. The summed E-state index contributed by atoms with van der Waals surface area (Å²) in [6, 6.07) is 3.90. The molecule has 0 bridgehead atoms. The second kappa shape index (κ2) is 6.34. The molecule has 0 aliphatic carbocycles. The van der Waals surface area contributed by atoms with Gasteiger partial charge < -0.3 is 5.11 Å². The number of alkyl halides is 2. The summed E-state index contributed by atoms with van der Waals surface area (Å²) >= 11 is 11.4. The van der Waals surface area contributed by atoms with Crippen LogP contribution in [0.2, 0.25) is 10.0 Å². The molecule has 0 aliphatic heterocycles. The average molecular weight is 297 g/mol. The van der Waals surface area contributed by atoms with Crippen LogP contribution in [0.1, 0.15) is 31.2 Å². The Balaban J connectivity index is 2.67. The van der Waals surface area contributed by atoms with Gasteiger partial charge in [0, 0.05) is 28.5 Å². The van der Waals surface area contributed by atoms with Gasteiger partial charge in [-0.05, 0) is 31.0 Å². The van der Waals surface area contributed by atoms with Gasteiger partial charge in [-0.3, -0.25) is 4.79 Å². The molecule has 0 amide bonds. The highest BCUT2D eigenvalue weighted by Gasteiger charge is 2.33. The van der Waals surface area contributed by atoms with E-state index in [0.29, 0.717) is 0 Å². The molecule has 1 rings (SSSR count). The second-order valence-electron chi connectivity index (χ2n) is 3.93. The molecule has 6 heteroatoms. The van der Waals surface area contributed by atoms with Gasteiger partial charge in [-0.2, -0.15) is 0 Å². The molecule has 0 aromatic heterocycles. The fourth-order valence-electron chi connectivity index (χ4n) is 1.54. The van der Waals surface area contributed by atoms with Crippen LogP contribution in [-0.4, -0.2) is 11.1 Å². The topological polar surface area (TPSA) is 37.3 Å². The summed E-state index contributed by atoms with van der Waals surface area (Å²) in [5.41, 5.74) is -0.313. The molecular formula is C12H12Cl2F2O2. The Labute approximate surface area is 114 Å². The van der Waals surface area contributed by atoms with Crippen molar-refractivity contribution >= 4 is 29.2 Å². The van der Waals surface area contributed by atoms with Crippen molar-refractivity contribution in [3.05, 3.63) is 33.8 Å². The Morgan fingerprint density at radius 3 is 2.56 bits per heavy atom. The molecule has 1 N–H and O–H groups in total. The molecule has 1 aromatic carbocycles. The highest BCUT2D eigenvalue weighted by molar-refractivity contribution is 6.33. The first-order chi connectivity index (χ1) is 8.33. The molecule has 0 saturated heterocycles. The molecule has 0 aliphatic rings. The van der Waals surface area contributed by atoms with Crippen molar-refractivity contribution < 1.29 is 18.7 Å². The number of hydrogen-bond acceptors (Lipinski definition) is 1. The number of halogens is 4. The van der Waals surface area contributed by atoms with Crippen LogP contribution in [0.3, 0.4) is 0 Å². The lowest BCUT2D eigenvalue weighted by Gasteiger charge is -2.18. The van der Waals surface area contributed by atoms with E-state index >= 15 is 0 Å². The first-order valence-corrected chi connectivity index (χ1v) is 6.13. The lowest BCUT2D eigenvalue weighted by molar-refractivity contribution is -0.137. The zero-order valence-corrected chi connectivity index (χ0v) is 10.9. The summed E-state index contributed by atoms with van der Waals surface area (Å²) in [6.07, 6.45) is -0.231. The Morgan fingerprint density at radius 1 is 1.28 bits per heavy atom. The van der Waals surface area contributed by atoms with Crippen LogP contribution in [0.4, 0.5) is 8.78 Å². The maximum absolute atomic E-state index is 13.8. The number of hydrogen-bond donors (Lipinski definition) is 1. The van der Waals surface area contributed by atoms with E-state index < -0.39 is 18.3 Å². The minimum Gasteiger partial charge on any atom is -0.481 e. The Bertz CT molecular complexity index is 436. The van der Waals surface area contributed by atoms with Crippen molar-refractivity contribution in [2.45, 2.75) is 31.6 Å². The van der Waals surface area contributed by atoms with Crippen molar-refractivity contribution in [1.29, 1.82) is 0 Å². The Hall–Kier alpha value is -0.870. The molecule has 2 nitrogen and oxygen atoms in total. The molecule has 0 unspecified atom stereocenters. The third-order valence-corrected chi connectivity index (χ3v) is 3.02. The van der Waals surface area contributed by atoms with E-state index in [9.17, 15) is 13.6 Å². The van der Waals surface area contributed by atoms with Crippen molar-refractivity contribution in [3.63, 3.8) is 0 Å². The van der Waals surface area contributed by atoms with Crippen LogP contribution >= 0.6 is 23.2 Å². The van der Waals surface area contributed by atoms with Crippen LogP contribution in [0, 0.1) is 0 Å². The lowest BCUT2D eigenvalue weighted by Crippen LogP contribution is -2.14. The maximum Gasteiger partial charge on any atom is 0.303 e. The van der Waals surface area contributed by atoms with Crippen molar-refractivity contribution in [2.75, 3.05) is 0 Å². The molecule has 0 atom stereocenters. The lowest BCUT2D eigenvalue weighted by atomic mass is 10.0. The number of aliphatic carboxylic acids is 1. The first-order valence-electron chi connectivity index (χ1n) is 5.38. The van der Waals surface area contributed by atoms with E-state index in [4.69, 9.17) is 28.3 Å². The molecule has 0 spiro atoms. The molecule has 1 aromatic rings. The summed E-state index contributed by atoms with van der Waals surface area (Å²) < 4.78 is 27.7. The Morgan fingerprint density at radius 2 is 1.94 bits per heavy atom. The number of carboxylic acid groups (broad SMARTS) is 1. The van der Waals surface area contributed by atoms with Gasteiger partial charge in [-0.1, -0.05) is 23.2 Å². The first kappa shape index (κ1) is 15.2. The number of carboxylic acids is 1. The predicted molar refractivity (Wildman–Crippen MR) is 66.5 cm³/mol. The molecular weight excluding hydrogens is 285 g/mol. The third kappa shape index (κ3) is 4.42. The maximum atomic E-state index is 13.8. The fraction of sp³-hybridized carbons (Fsp3) is 0.417. The van der Waals surface area contributed by atoms with Crippen LogP contribution in [0.5, 0.6) is 0 Å². The monoisotopic (exact) mass is 296 g/mol. The van der Waals surface area contributed by atoms with Gasteiger partial charge >= 0.3 is 5.97 Å². The van der Waals surface area contributed by atoms with Crippen LogP contribution in [-0.2, 0) is 10.7 Å². The average Bonchev–Trinajstić information content (AvgIpc) is 2.27. The quantitative estimate of drug-likeness (QED) is 0.771. The summed E-state index contributed by atoms with van der Waals surface area (Å²) in [6.45, 7) is 0. The zero-order chi connectivity index (χ0) is 13.8. The van der Waals surface area contributed by atoms with Crippen molar-refractivity contribution in [1.82, 2.24) is 0 Å². The van der Waals surface area contributed by atoms with Crippen LogP contribution in [0.25, 0.3) is 0 Å². The summed E-state index contributed by atoms with van der Waals surface area (Å²) in [7, 11) is 0. The van der Waals surface area contributed by atoms with E-state index in [1.165, 1.54) is 12.1 Å². The third-order valence-electron chi connectivity index (χ3n) is 2.45. The van der Waals surface area contributed by atoms with Gasteiger partial charge in [0.2, 0.25) is 0 Å². The molecule has 100 valence electrons. The number of carbonyl (C=O) groups is 1. The molecule has 0 saturated carbocycles. The van der Waals surface area contributed by atoms with E-state index in [-0.39, 0.29) is 34.9 Å². The largest absolute Gasteiger partial charge is 0.481 e. The van der Waals surface area contributed by atoms with Crippen LogP contribution < -0.4 is 0 Å². The van der Waals surface area contributed by atoms with Gasteiger partial charge in [0.05, 0.1) is 0 Å². The number of rotatable bonds is 6. The van der Waals surface area contributed by atoms with Crippen molar-refractivity contribution in [3.8, 4) is 0 Å². The smallest absolute Gasteiger partial charge is 0.303 e. The molecule has 0 radical (unpaired) electrons. The van der Waals surface area contributed by atoms with Gasteiger partial charge in [0.1, 0.15) is 0 Å². The standard InChI is InChI=1S/C12H12Cl2F2O2/c13-8-4-5-10(14)9(7-8)12(15,16)6-2-1-3-11(17)18/h4-5,7H,1-3,6H2,(H,17,18). The molecule has 0 heterocycles. The second-order valence-corrected chi connectivity index (χ2v) is 4.77. The molecule has 18 heavy (non-hydrogen) atoms. The SMILES string of the molecule is O=C(O)CCCCC(F)(F)c1cc(Cl)ccc1Cl. The normalized spacial score (nSPS) is 11.6. The molecule has 0 fully saturated rings. The summed E-state index contributed by atoms with van der Waals surface area (Å²) in [5, 5.41) is 8.57. The van der Waals surface area contributed by atoms with Gasteiger partial charge in [-0.25, -0.2) is 8.78 Å². The van der Waals surface area contributed by atoms with E-state index in [1.54, 1.807) is 0 Å². The van der Waals surface area contributed by atoms with Gasteiger partial charge in [0.15, 0.2) is 0 Å². The van der Waals surface area contributed by atoms with Crippen LogP contribution in [0.15, 0.2) is 18.2 Å². The highest BCUT2D eigenvalue weighted by Crippen LogP contribution is 2.38. The minimum absolute atomic E-state index is 0.0392. The van der Waals surface area contributed by atoms with Gasteiger partial charge in [-0.15, -0.1) is 0 Å². The predicted octanol–water partition coefficient (Wildman–Crippen LogP) is 4.73. The Kier molecular flexibility index (Phi) is 5.35. The number of benzene rings is 1. The zero-order valence-electron chi connectivity index (χ0n) is 9.43. The van der Waals surface area contributed by atoms with E-state index in [0.717, 1.165) is 6.07 Å². The minimum atomic E-state index is -3.10. The number of unbranched alkanes of at least 4 members (excludes halogenated alkanes) is 1. The van der Waals surface area contributed by atoms with Gasteiger partial charge in [0.25, 0.3) is 5.92 Å². The summed E-state index contributed by atoms with van der Waals surface area (Å²) in [4.78, 5) is 10.3.